The predicted octanol–water partition coefficient (Wildman–Crippen LogP) is 17.9. The van der Waals surface area contributed by atoms with Crippen LogP contribution in [0, 0.1) is 0 Å². The molecule has 4 rings (SSSR count). The SMILES string of the molecule is CCCCCCCCc1cc(Cc2ccc(CCCCCCCCCCCCCCCCCCc3ccc(Cc4ccc(N)c(CCCCCCCC)c4)cc3)cc2)ccc1N. The Morgan fingerprint density at radius 3 is 0.806 bits per heavy atom. The molecular formula is C60H92N2. The van der Waals surface area contributed by atoms with Gasteiger partial charge in [-0.1, -0.05) is 241 Å². The van der Waals surface area contributed by atoms with Crippen LogP contribution in [0.3, 0.4) is 0 Å². The summed E-state index contributed by atoms with van der Waals surface area (Å²) in [6.45, 7) is 4.56. The maximum Gasteiger partial charge on any atom is 0.0346 e. The van der Waals surface area contributed by atoms with Gasteiger partial charge < -0.3 is 11.5 Å². The van der Waals surface area contributed by atoms with Crippen LogP contribution in [0.2, 0.25) is 0 Å². The van der Waals surface area contributed by atoms with Crippen LogP contribution >= 0.6 is 0 Å². The molecule has 4 aromatic carbocycles. The van der Waals surface area contributed by atoms with Crippen molar-refractivity contribution in [3.63, 3.8) is 0 Å². The van der Waals surface area contributed by atoms with Gasteiger partial charge in [-0.25, -0.2) is 0 Å². The number of nitrogen functional groups attached to an aromatic ring is 2. The van der Waals surface area contributed by atoms with E-state index in [2.05, 4.69) is 98.8 Å². The summed E-state index contributed by atoms with van der Waals surface area (Å²) >= 11 is 0. The summed E-state index contributed by atoms with van der Waals surface area (Å²) in [5.74, 6) is 0. The van der Waals surface area contributed by atoms with E-state index in [9.17, 15) is 0 Å². The third kappa shape index (κ3) is 22.7. The molecule has 62 heavy (non-hydrogen) atoms. The zero-order chi connectivity index (χ0) is 43.7. The molecule has 0 radical (unpaired) electrons. The first-order valence-corrected chi connectivity index (χ1v) is 26.4. The van der Waals surface area contributed by atoms with Crippen molar-refractivity contribution in [2.75, 3.05) is 11.5 Å². The van der Waals surface area contributed by atoms with Crippen molar-refractivity contribution in [1.82, 2.24) is 0 Å². The van der Waals surface area contributed by atoms with Gasteiger partial charge in [-0.05, 0) is 121 Å². The zero-order valence-electron chi connectivity index (χ0n) is 40.3. The third-order valence-electron chi connectivity index (χ3n) is 13.6. The maximum atomic E-state index is 6.34. The number of benzene rings is 4. The molecular weight excluding hydrogens is 749 g/mol. The standard InChI is InChI=1S/C60H92N2/c1-3-5-7-9-25-29-33-57-49-55(43-45-59(57)61)47-53-39-35-51(36-40-53)31-27-23-21-19-17-15-13-11-12-14-16-18-20-22-24-28-32-52-37-41-54(42-38-52)48-56-44-46-60(62)58(50-56)34-30-26-10-8-6-4-2/h35-46,49-50H,3-34,47-48,61-62H2,1-2H3. The highest BCUT2D eigenvalue weighted by atomic mass is 14.6. The topological polar surface area (TPSA) is 52.0 Å². The Bertz CT molecular complexity index is 1560. The van der Waals surface area contributed by atoms with E-state index in [0.717, 1.165) is 37.1 Å². The van der Waals surface area contributed by atoms with E-state index in [0.29, 0.717) is 0 Å². The number of hydrogen-bond acceptors (Lipinski definition) is 2. The Morgan fingerprint density at radius 1 is 0.258 bits per heavy atom. The molecule has 0 aliphatic carbocycles. The van der Waals surface area contributed by atoms with E-state index < -0.39 is 0 Å². The summed E-state index contributed by atoms with van der Waals surface area (Å²) in [5.41, 5.74) is 25.8. The van der Waals surface area contributed by atoms with Crippen LogP contribution in [-0.2, 0) is 38.5 Å². The third-order valence-corrected chi connectivity index (χ3v) is 13.6. The lowest BCUT2D eigenvalue weighted by molar-refractivity contribution is 0.528. The van der Waals surface area contributed by atoms with Crippen LogP contribution in [0.4, 0.5) is 11.4 Å². The monoisotopic (exact) mass is 841 g/mol. The fraction of sp³-hybridized carbons (Fsp3) is 0.600. The molecule has 0 atom stereocenters. The van der Waals surface area contributed by atoms with E-state index in [4.69, 9.17) is 11.5 Å². The van der Waals surface area contributed by atoms with Gasteiger partial charge in [0.2, 0.25) is 0 Å². The largest absolute Gasteiger partial charge is 0.399 e. The van der Waals surface area contributed by atoms with Gasteiger partial charge in [-0.15, -0.1) is 0 Å². The van der Waals surface area contributed by atoms with Gasteiger partial charge in [0.1, 0.15) is 0 Å². The highest BCUT2D eigenvalue weighted by Crippen LogP contribution is 2.23. The average Bonchev–Trinajstić information content (AvgIpc) is 3.28. The second-order valence-corrected chi connectivity index (χ2v) is 19.2. The first kappa shape index (κ1) is 51.1. The summed E-state index contributed by atoms with van der Waals surface area (Å²) in [6.07, 6.45) is 45.0. The van der Waals surface area contributed by atoms with Crippen LogP contribution < -0.4 is 11.5 Å². The fourth-order valence-electron chi connectivity index (χ4n) is 9.41. The molecule has 342 valence electrons. The van der Waals surface area contributed by atoms with Gasteiger partial charge in [-0.2, -0.15) is 0 Å². The summed E-state index contributed by atoms with van der Waals surface area (Å²) in [7, 11) is 0. The Morgan fingerprint density at radius 2 is 0.500 bits per heavy atom. The molecule has 0 bridgehead atoms. The van der Waals surface area contributed by atoms with Gasteiger partial charge in [0.25, 0.3) is 0 Å². The number of anilines is 2. The number of aryl methyl sites for hydroxylation is 4. The second kappa shape index (κ2) is 33.1. The minimum atomic E-state index is 0.962. The van der Waals surface area contributed by atoms with Crippen LogP contribution in [-0.4, -0.2) is 0 Å². The molecule has 0 fully saturated rings. The first-order chi connectivity index (χ1) is 30.5. The maximum absolute atomic E-state index is 6.34. The lowest BCUT2D eigenvalue weighted by Crippen LogP contribution is -1.98. The molecule has 0 amide bonds. The van der Waals surface area contributed by atoms with E-state index in [1.807, 2.05) is 0 Å². The highest BCUT2D eigenvalue weighted by molar-refractivity contribution is 5.50. The minimum Gasteiger partial charge on any atom is -0.399 e. The molecule has 0 spiro atoms. The van der Waals surface area contributed by atoms with Crippen LogP contribution in [0.25, 0.3) is 0 Å². The van der Waals surface area contributed by atoms with Crippen LogP contribution in [0.15, 0.2) is 84.9 Å². The highest BCUT2D eigenvalue weighted by Gasteiger charge is 2.06. The van der Waals surface area contributed by atoms with E-state index >= 15 is 0 Å². The average molecular weight is 841 g/mol. The van der Waals surface area contributed by atoms with Crippen molar-refractivity contribution in [1.29, 1.82) is 0 Å². The molecule has 0 aliphatic heterocycles. The molecule has 2 heteroatoms. The van der Waals surface area contributed by atoms with Gasteiger partial charge in [-0.3, -0.25) is 0 Å². The molecule has 2 nitrogen and oxygen atoms in total. The lowest BCUT2D eigenvalue weighted by Gasteiger charge is -2.10. The molecule has 4 N–H and O–H groups in total. The van der Waals surface area contributed by atoms with Crippen molar-refractivity contribution in [3.05, 3.63) is 129 Å². The van der Waals surface area contributed by atoms with Crippen molar-refractivity contribution in [2.24, 2.45) is 0 Å². The Balaban J connectivity index is 0.912. The lowest BCUT2D eigenvalue weighted by atomic mass is 9.97. The van der Waals surface area contributed by atoms with Gasteiger partial charge in [0.05, 0.1) is 0 Å². The van der Waals surface area contributed by atoms with Crippen molar-refractivity contribution in [3.8, 4) is 0 Å². The number of nitrogens with two attached hydrogens (primary N) is 2. The summed E-state index contributed by atoms with van der Waals surface area (Å²) in [4.78, 5) is 0. The van der Waals surface area contributed by atoms with E-state index in [1.54, 1.807) is 0 Å². The van der Waals surface area contributed by atoms with Crippen LogP contribution in [0.1, 0.15) is 238 Å². The van der Waals surface area contributed by atoms with Gasteiger partial charge >= 0.3 is 0 Å². The normalized spacial score (nSPS) is 11.5. The van der Waals surface area contributed by atoms with Crippen molar-refractivity contribution >= 4 is 11.4 Å². The van der Waals surface area contributed by atoms with Crippen molar-refractivity contribution in [2.45, 2.75) is 232 Å². The van der Waals surface area contributed by atoms with Gasteiger partial charge in [0.15, 0.2) is 0 Å². The molecule has 0 heterocycles. The van der Waals surface area contributed by atoms with Crippen LogP contribution in [0.5, 0.6) is 0 Å². The fourth-order valence-corrected chi connectivity index (χ4v) is 9.41. The Hall–Kier alpha value is -3.52. The second-order valence-electron chi connectivity index (χ2n) is 19.2. The number of hydrogen-bond donors (Lipinski definition) is 2. The Labute approximate surface area is 382 Å². The smallest absolute Gasteiger partial charge is 0.0346 e. The summed E-state index contributed by atoms with van der Waals surface area (Å²) < 4.78 is 0. The number of unbranched alkanes of at least 4 members (excludes halogenated alkanes) is 25. The quantitative estimate of drug-likeness (QED) is 0.0351. The molecule has 0 aromatic heterocycles. The molecule has 0 saturated carbocycles. The van der Waals surface area contributed by atoms with Crippen molar-refractivity contribution < 1.29 is 0 Å². The van der Waals surface area contributed by atoms with Gasteiger partial charge in [0, 0.05) is 11.4 Å². The minimum absolute atomic E-state index is 0.962. The molecule has 0 aliphatic rings. The van der Waals surface area contributed by atoms with E-state index in [1.165, 1.54) is 237 Å². The van der Waals surface area contributed by atoms with E-state index in [-0.39, 0.29) is 0 Å². The number of rotatable bonds is 37. The summed E-state index contributed by atoms with van der Waals surface area (Å²) in [6, 6.07) is 32.2. The molecule has 0 saturated heterocycles. The Kier molecular flexibility index (Phi) is 27.3. The predicted molar refractivity (Wildman–Crippen MR) is 276 cm³/mol. The molecule has 0 unspecified atom stereocenters. The zero-order valence-corrected chi connectivity index (χ0v) is 40.3. The first-order valence-electron chi connectivity index (χ1n) is 26.4. The summed E-state index contributed by atoms with van der Waals surface area (Å²) in [5, 5.41) is 0. The molecule has 4 aromatic rings.